The van der Waals surface area contributed by atoms with Gasteiger partial charge in [-0.05, 0) is 19.3 Å². The fraction of sp³-hybridized carbons (Fsp3) is 0.769. The van der Waals surface area contributed by atoms with Gasteiger partial charge in [0.05, 0.1) is 6.42 Å². The van der Waals surface area contributed by atoms with Gasteiger partial charge in [0.2, 0.25) is 5.91 Å². The molecule has 0 bridgehead atoms. The SMILES string of the molecule is CC(C)CCCC(C)NC(=O)NC(=O)CCC(=O)O. The third-order valence-electron chi connectivity index (χ3n) is 2.61. The number of hydrogen-bond donors (Lipinski definition) is 3. The molecular formula is C13H24N2O4. The van der Waals surface area contributed by atoms with Crippen LogP contribution in [0.1, 0.15) is 52.9 Å². The van der Waals surface area contributed by atoms with E-state index < -0.39 is 17.9 Å². The Morgan fingerprint density at radius 2 is 1.68 bits per heavy atom. The molecule has 0 heterocycles. The molecule has 0 aliphatic heterocycles. The number of carbonyl (C=O) groups is 3. The molecule has 0 aromatic heterocycles. The van der Waals surface area contributed by atoms with E-state index in [0.717, 1.165) is 19.3 Å². The molecule has 0 fully saturated rings. The largest absolute Gasteiger partial charge is 0.481 e. The Balaban J connectivity index is 3.77. The van der Waals surface area contributed by atoms with Crippen molar-refractivity contribution in [2.24, 2.45) is 5.92 Å². The molecule has 0 rings (SSSR count). The number of aliphatic carboxylic acids is 1. The minimum Gasteiger partial charge on any atom is -0.481 e. The second-order valence-electron chi connectivity index (χ2n) is 5.14. The highest BCUT2D eigenvalue weighted by Gasteiger charge is 2.11. The lowest BCUT2D eigenvalue weighted by Crippen LogP contribution is -2.43. The van der Waals surface area contributed by atoms with E-state index in [0.29, 0.717) is 5.92 Å². The molecule has 1 atom stereocenters. The maximum atomic E-state index is 11.4. The van der Waals surface area contributed by atoms with Crippen LogP contribution in [0.5, 0.6) is 0 Å². The van der Waals surface area contributed by atoms with E-state index in [1.165, 1.54) is 0 Å². The summed E-state index contributed by atoms with van der Waals surface area (Å²) in [6, 6.07) is -0.571. The predicted octanol–water partition coefficient (Wildman–Crippen LogP) is 1.89. The quantitative estimate of drug-likeness (QED) is 0.628. The normalized spacial score (nSPS) is 12.0. The van der Waals surface area contributed by atoms with Crippen LogP contribution in [0.2, 0.25) is 0 Å². The molecule has 0 aliphatic carbocycles. The lowest BCUT2D eigenvalue weighted by Gasteiger charge is -2.14. The lowest BCUT2D eigenvalue weighted by molar-refractivity contribution is -0.138. The molecule has 6 heteroatoms. The lowest BCUT2D eigenvalue weighted by atomic mass is 10.0. The minimum absolute atomic E-state index is 0.00831. The van der Waals surface area contributed by atoms with Crippen LogP contribution in [-0.4, -0.2) is 29.1 Å². The Morgan fingerprint density at radius 1 is 1.05 bits per heavy atom. The molecule has 6 nitrogen and oxygen atoms in total. The third kappa shape index (κ3) is 11.2. The monoisotopic (exact) mass is 272 g/mol. The summed E-state index contributed by atoms with van der Waals surface area (Å²) in [5, 5.41) is 13.2. The highest BCUT2D eigenvalue weighted by molar-refractivity contribution is 5.95. The molecule has 19 heavy (non-hydrogen) atoms. The number of carboxylic acid groups (broad SMARTS) is 1. The van der Waals surface area contributed by atoms with Crippen molar-refractivity contribution in [1.29, 1.82) is 0 Å². The number of urea groups is 1. The van der Waals surface area contributed by atoms with Crippen LogP contribution < -0.4 is 10.6 Å². The zero-order valence-electron chi connectivity index (χ0n) is 11.9. The Morgan fingerprint density at radius 3 is 2.21 bits per heavy atom. The number of carboxylic acids is 1. The molecule has 3 N–H and O–H groups in total. The summed E-state index contributed by atoms with van der Waals surface area (Å²) in [7, 11) is 0. The third-order valence-corrected chi connectivity index (χ3v) is 2.61. The van der Waals surface area contributed by atoms with Gasteiger partial charge < -0.3 is 10.4 Å². The van der Waals surface area contributed by atoms with Gasteiger partial charge in [0.15, 0.2) is 0 Å². The van der Waals surface area contributed by atoms with Crippen LogP contribution in [0, 0.1) is 5.92 Å². The molecule has 0 aromatic carbocycles. The molecule has 0 saturated carbocycles. The topological polar surface area (TPSA) is 95.5 Å². The van der Waals surface area contributed by atoms with E-state index in [2.05, 4.69) is 24.5 Å². The van der Waals surface area contributed by atoms with Crippen molar-refractivity contribution in [3.63, 3.8) is 0 Å². The summed E-state index contributed by atoms with van der Waals surface area (Å²) >= 11 is 0. The zero-order valence-corrected chi connectivity index (χ0v) is 11.9. The first kappa shape index (κ1) is 17.4. The first-order valence-corrected chi connectivity index (χ1v) is 6.63. The van der Waals surface area contributed by atoms with Crippen molar-refractivity contribution in [2.45, 2.75) is 58.9 Å². The van der Waals surface area contributed by atoms with Crippen LogP contribution in [0.4, 0.5) is 4.79 Å². The van der Waals surface area contributed by atoms with Crippen LogP contribution in [0.15, 0.2) is 0 Å². The van der Waals surface area contributed by atoms with Crippen molar-refractivity contribution < 1.29 is 19.5 Å². The van der Waals surface area contributed by atoms with Gasteiger partial charge in [-0.15, -0.1) is 0 Å². The van der Waals surface area contributed by atoms with Gasteiger partial charge in [-0.3, -0.25) is 14.9 Å². The number of rotatable bonds is 8. The second kappa shape index (κ2) is 9.35. The fourth-order valence-corrected chi connectivity index (χ4v) is 1.57. The van der Waals surface area contributed by atoms with Gasteiger partial charge in [-0.25, -0.2) is 4.79 Å². The van der Waals surface area contributed by atoms with Crippen molar-refractivity contribution in [3.05, 3.63) is 0 Å². The van der Waals surface area contributed by atoms with Crippen LogP contribution >= 0.6 is 0 Å². The molecule has 0 aromatic rings. The highest BCUT2D eigenvalue weighted by atomic mass is 16.4. The van der Waals surface area contributed by atoms with E-state index in [9.17, 15) is 14.4 Å². The van der Waals surface area contributed by atoms with Gasteiger partial charge in [-0.2, -0.15) is 0 Å². The van der Waals surface area contributed by atoms with Crippen molar-refractivity contribution in [3.8, 4) is 0 Å². The van der Waals surface area contributed by atoms with E-state index in [1.807, 2.05) is 6.92 Å². The number of imide groups is 1. The number of hydrogen-bond acceptors (Lipinski definition) is 3. The summed E-state index contributed by atoms with van der Waals surface area (Å²) in [6.45, 7) is 6.17. The fourth-order valence-electron chi connectivity index (χ4n) is 1.57. The maximum absolute atomic E-state index is 11.4. The summed E-state index contributed by atoms with van der Waals surface area (Å²) < 4.78 is 0. The molecule has 1 unspecified atom stereocenters. The molecule has 0 aliphatic rings. The summed E-state index contributed by atoms with van der Waals surface area (Å²) in [6.07, 6.45) is 2.51. The van der Waals surface area contributed by atoms with E-state index >= 15 is 0 Å². The first-order valence-electron chi connectivity index (χ1n) is 6.63. The minimum atomic E-state index is -1.06. The smallest absolute Gasteiger partial charge is 0.321 e. The average Bonchev–Trinajstić information content (AvgIpc) is 2.25. The average molecular weight is 272 g/mol. The van der Waals surface area contributed by atoms with Gasteiger partial charge in [-0.1, -0.05) is 26.7 Å². The first-order chi connectivity index (χ1) is 8.81. The molecule has 3 amide bonds. The maximum Gasteiger partial charge on any atom is 0.321 e. The zero-order chi connectivity index (χ0) is 14.8. The standard InChI is InChI=1S/C13H24N2O4/c1-9(2)5-4-6-10(3)14-13(19)15-11(16)7-8-12(17)18/h9-10H,4-8H2,1-3H3,(H,17,18)(H2,14,15,16,19). The molecule has 110 valence electrons. The van der Waals surface area contributed by atoms with Crippen molar-refractivity contribution in [2.75, 3.05) is 0 Å². The number of carbonyl (C=O) groups excluding carboxylic acids is 2. The van der Waals surface area contributed by atoms with E-state index in [4.69, 9.17) is 5.11 Å². The predicted molar refractivity (Wildman–Crippen MR) is 71.7 cm³/mol. The van der Waals surface area contributed by atoms with Crippen molar-refractivity contribution in [1.82, 2.24) is 10.6 Å². The van der Waals surface area contributed by atoms with Crippen LogP contribution in [0.3, 0.4) is 0 Å². The Hall–Kier alpha value is -1.59. The van der Waals surface area contributed by atoms with E-state index in [-0.39, 0.29) is 18.9 Å². The van der Waals surface area contributed by atoms with Gasteiger partial charge in [0.25, 0.3) is 0 Å². The summed E-state index contributed by atoms with van der Waals surface area (Å²) in [5.74, 6) is -0.995. The molecule has 0 radical (unpaired) electrons. The van der Waals surface area contributed by atoms with Crippen LogP contribution in [0.25, 0.3) is 0 Å². The molecular weight excluding hydrogens is 248 g/mol. The summed E-state index contributed by atoms with van der Waals surface area (Å²) in [4.78, 5) is 32.9. The number of amides is 3. The second-order valence-corrected chi connectivity index (χ2v) is 5.14. The Kier molecular flexibility index (Phi) is 8.57. The Labute approximate surface area is 113 Å². The molecule has 0 saturated heterocycles. The van der Waals surface area contributed by atoms with Gasteiger partial charge >= 0.3 is 12.0 Å². The Bertz CT molecular complexity index is 316. The molecule has 0 spiro atoms. The van der Waals surface area contributed by atoms with E-state index in [1.54, 1.807) is 0 Å². The number of nitrogens with one attached hydrogen (secondary N) is 2. The van der Waals surface area contributed by atoms with Gasteiger partial charge in [0.1, 0.15) is 0 Å². The van der Waals surface area contributed by atoms with Crippen LogP contribution in [-0.2, 0) is 9.59 Å². The van der Waals surface area contributed by atoms with Gasteiger partial charge in [0, 0.05) is 12.5 Å². The highest BCUT2D eigenvalue weighted by Crippen LogP contribution is 2.08. The van der Waals surface area contributed by atoms with Crippen molar-refractivity contribution >= 4 is 17.9 Å². The summed E-state index contributed by atoms with van der Waals surface area (Å²) in [5.41, 5.74) is 0.